The number of carboxylic acids is 2. The normalized spacial score (nSPS) is 10.9. The standard InChI is InChI=1S/C20H30O4.Ca/c1-2-3-4-5-6-7-8-9-13-16-20(18(21)22,19(23)24)17-14-11-10-12-15-17;/h10-12,14-15H,2-9,13,16H2,1H3,(H,21,22)(H,23,24);/q;+2/p-2. The summed E-state index contributed by atoms with van der Waals surface area (Å²) in [5.41, 5.74) is -1.83. The van der Waals surface area contributed by atoms with Crippen molar-refractivity contribution in [1.82, 2.24) is 0 Å². The Morgan fingerprint density at radius 2 is 1.24 bits per heavy atom. The van der Waals surface area contributed by atoms with Gasteiger partial charge in [-0.25, -0.2) is 0 Å². The summed E-state index contributed by atoms with van der Waals surface area (Å²) >= 11 is 0. The second kappa shape index (κ2) is 13.6. The molecule has 0 saturated heterocycles. The van der Waals surface area contributed by atoms with Gasteiger partial charge in [0.2, 0.25) is 0 Å². The van der Waals surface area contributed by atoms with E-state index in [0.29, 0.717) is 6.42 Å². The van der Waals surface area contributed by atoms with Crippen LogP contribution in [0.15, 0.2) is 30.3 Å². The van der Waals surface area contributed by atoms with Crippen molar-refractivity contribution in [1.29, 1.82) is 0 Å². The third kappa shape index (κ3) is 7.67. The molecular formula is C20H28CaO4. The molecule has 0 radical (unpaired) electrons. The Hall–Kier alpha value is -0.580. The smallest absolute Gasteiger partial charge is 0.549 e. The van der Waals surface area contributed by atoms with Crippen molar-refractivity contribution < 1.29 is 19.8 Å². The maximum Gasteiger partial charge on any atom is 2.00 e. The molecule has 0 aliphatic heterocycles. The minimum absolute atomic E-state index is 0. The number of rotatable bonds is 13. The summed E-state index contributed by atoms with van der Waals surface area (Å²) < 4.78 is 0. The SMILES string of the molecule is CCCCCCCCCCCC(C(=O)[O-])(C(=O)[O-])c1ccccc1.[Ca+2]. The number of hydrogen-bond acceptors (Lipinski definition) is 4. The van der Waals surface area contributed by atoms with E-state index in [9.17, 15) is 19.8 Å². The molecule has 0 atom stereocenters. The Bertz CT molecular complexity index is 488. The number of carboxylic acid groups (broad SMARTS) is 2. The van der Waals surface area contributed by atoms with Crippen molar-refractivity contribution in [2.24, 2.45) is 0 Å². The Balaban J connectivity index is 0.00000576. The van der Waals surface area contributed by atoms with Gasteiger partial charge in [-0.2, -0.15) is 0 Å². The number of unbranched alkanes of at least 4 members (excludes halogenated alkanes) is 8. The van der Waals surface area contributed by atoms with E-state index in [2.05, 4.69) is 6.92 Å². The van der Waals surface area contributed by atoms with Gasteiger partial charge in [-0.3, -0.25) is 0 Å². The van der Waals surface area contributed by atoms with E-state index in [1.165, 1.54) is 44.2 Å². The number of hydrogen-bond donors (Lipinski definition) is 0. The molecule has 0 heterocycles. The Morgan fingerprint density at radius 1 is 0.800 bits per heavy atom. The molecule has 25 heavy (non-hydrogen) atoms. The predicted octanol–water partition coefficient (Wildman–Crippen LogP) is 1.96. The molecule has 1 aromatic carbocycles. The molecule has 0 amide bonds. The van der Waals surface area contributed by atoms with Gasteiger partial charge in [0.05, 0.1) is 17.4 Å². The molecule has 0 N–H and O–H groups in total. The topological polar surface area (TPSA) is 80.3 Å². The Kier molecular flexibility index (Phi) is 13.3. The number of aliphatic carboxylic acids is 2. The molecule has 134 valence electrons. The second-order valence-electron chi connectivity index (χ2n) is 6.42. The third-order valence-electron chi connectivity index (χ3n) is 4.62. The first kappa shape index (κ1) is 24.4. The predicted molar refractivity (Wildman–Crippen MR) is 95.7 cm³/mol. The molecule has 0 bridgehead atoms. The van der Waals surface area contributed by atoms with Gasteiger partial charge in [-0.15, -0.1) is 0 Å². The van der Waals surface area contributed by atoms with Gasteiger partial charge in [0.15, 0.2) is 0 Å². The van der Waals surface area contributed by atoms with Crippen LogP contribution in [0.2, 0.25) is 0 Å². The molecule has 0 fully saturated rings. The minimum atomic E-state index is -2.05. The molecule has 1 rings (SSSR count). The van der Waals surface area contributed by atoms with Crippen LogP contribution in [-0.4, -0.2) is 49.7 Å². The molecule has 5 heteroatoms. The van der Waals surface area contributed by atoms with E-state index < -0.39 is 17.4 Å². The largest absolute Gasteiger partial charge is 2.00 e. The zero-order valence-corrected chi connectivity index (χ0v) is 17.5. The Morgan fingerprint density at radius 3 is 1.68 bits per heavy atom. The van der Waals surface area contributed by atoms with Gasteiger partial charge in [-0.05, 0) is 12.0 Å². The monoisotopic (exact) mass is 372 g/mol. The van der Waals surface area contributed by atoms with Gasteiger partial charge < -0.3 is 19.8 Å². The molecule has 0 spiro atoms. The van der Waals surface area contributed by atoms with Crippen molar-refractivity contribution in [2.75, 3.05) is 0 Å². The van der Waals surface area contributed by atoms with Crippen LogP contribution in [0.25, 0.3) is 0 Å². The van der Waals surface area contributed by atoms with Crippen molar-refractivity contribution in [3.63, 3.8) is 0 Å². The molecule has 1 aromatic rings. The van der Waals surface area contributed by atoms with E-state index >= 15 is 0 Å². The van der Waals surface area contributed by atoms with Crippen molar-refractivity contribution in [2.45, 2.75) is 76.5 Å². The molecular weight excluding hydrogens is 344 g/mol. The molecule has 0 saturated carbocycles. The number of carbonyl (C=O) groups is 2. The molecule has 0 aromatic heterocycles. The zero-order chi connectivity index (χ0) is 17.8. The fraction of sp³-hybridized carbons (Fsp3) is 0.600. The summed E-state index contributed by atoms with van der Waals surface area (Å²) in [6.45, 7) is 2.19. The van der Waals surface area contributed by atoms with Crippen LogP contribution in [0.5, 0.6) is 0 Å². The van der Waals surface area contributed by atoms with E-state index in [4.69, 9.17) is 0 Å². The third-order valence-corrected chi connectivity index (χ3v) is 4.62. The number of carbonyl (C=O) groups excluding carboxylic acids is 2. The van der Waals surface area contributed by atoms with Crippen molar-refractivity contribution >= 4 is 49.7 Å². The van der Waals surface area contributed by atoms with Crippen LogP contribution in [0.1, 0.15) is 76.7 Å². The average molecular weight is 373 g/mol. The van der Waals surface area contributed by atoms with Crippen LogP contribution in [0.4, 0.5) is 0 Å². The fourth-order valence-corrected chi connectivity index (χ4v) is 3.09. The summed E-state index contributed by atoms with van der Waals surface area (Å²) in [7, 11) is 0. The van der Waals surface area contributed by atoms with Crippen molar-refractivity contribution in [3.8, 4) is 0 Å². The van der Waals surface area contributed by atoms with E-state index in [0.717, 1.165) is 19.3 Å². The molecule has 4 nitrogen and oxygen atoms in total. The quantitative estimate of drug-likeness (QED) is 0.301. The van der Waals surface area contributed by atoms with Gasteiger partial charge in [-0.1, -0.05) is 95.0 Å². The first-order valence-corrected chi connectivity index (χ1v) is 9.04. The maximum atomic E-state index is 11.6. The fourth-order valence-electron chi connectivity index (χ4n) is 3.09. The summed E-state index contributed by atoms with van der Waals surface area (Å²) in [6.07, 6.45) is 9.67. The first-order chi connectivity index (χ1) is 11.6. The zero-order valence-electron chi connectivity index (χ0n) is 15.3. The molecule has 0 aliphatic carbocycles. The molecule has 0 aliphatic rings. The van der Waals surface area contributed by atoms with Crippen LogP contribution >= 0.6 is 0 Å². The van der Waals surface area contributed by atoms with E-state index in [-0.39, 0.29) is 49.7 Å². The van der Waals surface area contributed by atoms with Gasteiger partial charge in [0, 0.05) is 0 Å². The summed E-state index contributed by atoms with van der Waals surface area (Å²) in [5, 5.41) is 23.2. The van der Waals surface area contributed by atoms with Crippen LogP contribution in [0, 0.1) is 0 Å². The number of benzene rings is 1. The van der Waals surface area contributed by atoms with Crippen LogP contribution < -0.4 is 10.2 Å². The minimum Gasteiger partial charge on any atom is -0.549 e. The Labute approximate surface area is 181 Å². The summed E-state index contributed by atoms with van der Waals surface area (Å²) in [4.78, 5) is 23.2. The van der Waals surface area contributed by atoms with Gasteiger partial charge >= 0.3 is 37.7 Å². The summed E-state index contributed by atoms with van der Waals surface area (Å²) in [6, 6.07) is 8.01. The van der Waals surface area contributed by atoms with Gasteiger partial charge in [0.1, 0.15) is 0 Å². The second-order valence-corrected chi connectivity index (χ2v) is 6.42. The van der Waals surface area contributed by atoms with E-state index in [1.54, 1.807) is 18.2 Å². The maximum absolute atomic E-state index is 11.6. The van der Waals surface area contributed by atoms with E-state index in [1.807, 2.05) is 0 Å². The van der Waals surface area contributed by atoms with Crippen LogP contribution in [0.3, 0.4) is 0 Å². The molecule has 0 unspecified atom stereocenters. The summed E-state index contributed by atoms with van der Waals surface area (Å²) in [5.74, 6) is -3.18. The van der Waals surface area contributed by atoms with Gasteiger partial charge in [0.25, 0.3) is 0 Å². The van der Waals surface area contributed by atoms with Crippen LogP contribution in [-0.2, 0) is 15.0 Å². The average Bonchev–Trinajstić information content (AvgIpc) is 2.57. The first-order valence-electron chi connectivity index (χ1n) is 9.04. The van der Waals surface area contributed by atoms with Crippen molar-refractivity contribution in [3.05, 3.63) is 35.9 Å².